The Labute approximate surface area is 184 Å². The molecule has 1 aliphatic heterocycles. The number of morpholine rings is 1. The van der Waals surface area contributed by atoms with E-state index in [9.17, 15) is 4.39 Å². The van der Waals surface area contributed by atoms with E-state index in [2.05, 4.69) is 32.0 Å². The van der Waals surface area contributed by atoms with Crippen molar-refractivity contribution < 1.29 is 9.13 Å². The van der Waals surface area contributed by atoms with Gasteiger partial charge < -0.3 is 14.2 Å². The van der Waals surface area contributed by atoms with Crippen molar-refractivity contribution in [2.24, 2.45) is 0 Å². The Morgan fingerprint density at radius 2 is 2.03 bits per heavy atom. The van der Waals surface area contributed by atoms with Crippen molar-refractivity contribution in [3.05, 3.63) is 53.8 Å². The first kappa shape index (κ1) is 20.7. The number of hydrogen-bond donors (Lipinski definition) is 0. The fourth-order valence-electron chi connectivity index (χ4n) is 4.14. The van der Waals surface area contributed by atoms with Crippen LogP contribution in [0.2, 0.25) is 0 Å². The summed E-state index contributed by atoms with van der Waals surface area (Å²) in [4.78, 5) is 20.1. The van der Waals surface area contributed by atoms with Gasteiger partial charge in [0, 0.05) is 36.6 Å². The zero-order chi connectivity index (χ0) is 22.2. The van der Waals surface area contributed by atoms with E-state index < -0.39 is 5.82 Å². The van der Waals surface area contributed by atoms with Crippen molar-refractivity contribution in [1.29, 1.82) is 0 Å². The highest BCUT2D eigenvalue weighted by molar-refractivity contribution is 5.79. The van der Waals surface area contributed by atoms with Crippen LogP contribution in [0.1, 0.15) is 17.1 Å². The highest BCUT2D eigenvalue weighted by atomic mass is 19.1. The Bertz CT molecular complexity index is 1270. The minimum Gasteiger partial charge on any atom is -0.374 e. The van der Waals surface area contributed by atoms with Gasteiger partial charge in [0.1, 0.15) is 23.0 Å². The molecular weight excluding hydrogens is 411 g/mol. The Kier molecular flexibility index (Phi) is 5.40. The fraction of sp³-hybridized carbons (Fsp3) is 0.409. The molecule has 1 fully saturated rings. The normalized spacial score (nSPS) is 17.3. The van der Waals surface area contributed by atoms with Crippen LogP contribution in [-0.4, -0.2) is 72.0 Å². The van der Waals surface area contributed by atoms with Crippen molar-refractivity contribution in [2.45, 2.75) is 33.0 Å². The molecule has 10 heteroatoms. The molecule has 0 aromatic carbocycles. The average Bonchev–Trinajstić information content (AvgIpc) is 3.33. The maximum absolute atomic E-state index is 13.9. The second-order valence-corrected chi connectivity index (χ2v) is 8.27. The van der Waals surface area contributed by atoms with Gasteiger partial charge in [-0.25, -0.2) is 19.3 Å². The van der Waals surface area contributed by atoms with Crippen molar-refractivity contribution in [1.82, 2.24) is 39.2 Å². The molecule has 0 saturated carbocycles. The smallest absolute Gasteiger partial charge is 0.164 e. The average molecular weight is 436 g/mol. The summed E-state index contributed by atoms with van der Waals surface area (Å²) in [7, 11) is 2.10. The molecule has 1 unspecified atom stereocenters. The minimum atomic E-state index is -0.412. The van der Waals surface area contributed by atoms with E-state index in [0.717, 1.165) is 31.0 Å². The molecule has 0 N–H and O–H groups in total. The molecule has 0 spiro atoms. The molecule has 5 heterocycles. The number of aryl methyl sites for hydroxylation is 2. The quantitative estimate of drug-likeness (QED) is 0.474. The van der Waals surface area contributed by atoms with E-state index in [1.807, 2.05) is 35.5 Å². The third-order valence-electron chi connectivity index (χ3n) is 5.60. The SMILES string of the molecule is Cc1nc(C)c2nc(-c3cncc(F)c3)n(Cc3cnn(CC4CN(C)CCO4)c3)c2n1. The van der Waals surface area contributed by atoms with Gasteiger partial charge in [0.25, 0.3) is 0 Å². The number of hydrogen-bond acceptors (Lipinski definition) is 7. The summed E-state index contributed by atoms with van der Waals surface area (Å²) in [5.74, 6) is 0.847. The van der Waals surface area contributed by atoms with Crippen molar-refractivity contribution in [2.75, 3.05) is 26.7 Å². The van der Waals surface area contributed by atoms with Crippen LogP contribution in [0.5, 0.6) is 0 Å². The van der Waals surface area contributed by atoms with E-state index in [1.54, 1.807) is 6.20 Å². The van der Waals surface area contributed by atoms with E-state index in [0.29, 0.717) is 41.5 Å². The lowest BCUT2D eigenvalue weighted by molar-refractivity contribution is -0.0290. The monoisotopic (exact) mass is 436 g/mol. The molecule has 0 radical (unpaired) electrons. The third kappa shape index (κ3) is 4.11. The molecule has 1 saturated heterocycles. The van der Waals surface area contributed by atoms with E-state index >= 15 is 0 Å². The molecular formula is C22H25FN8O. The number of rotatable bonds is 5. The number of halogens is 1. The number of imidazole rings is 1. The number of nitrogens with zero attached hydrogens (tertiary/aromatic N) is 8. The fourth-order valence-corrected chi connectivity index (χ4v) is 4.14. The molecule has 0 aliphatic carbocycles. The van der Waals surface area contributed by atoms with Gasteiger partial charge in [0.15, 0.2) is 5.65 Å². The lowest BCUT2D eigenvalue weighted by Crippen LogP contribution is -2.42. The van der Waals surface area contributed by atoms with Gasteiger partial charge in [-0.3, -0.25) is 9.67 Å². The molecule has 0 bridgehead atoms. The molecule has 5 rings (SSSR count). The van der Waals surface area contributed by atoms with E-state index in [4.69, 9.17) is 9.72 Å². The predicted octanol–water partition coefficient (Wildman–Crippen LogP) is 2.22. The van der Waals surface area contributed by atoms with Gasteiger partial charge >= 0.3 is 0 Å². The van der Waals surface area contributed by atoms with E-state index in [-0.39, 0.29) is 6.10 Å². The van der Waals surface area contributed by atoms with Crippen LogP contribution in [0.25, 0.3) is 22.6 Å². The maximum Gasteiger partial charge on any atom is 0.164 e. The van der Waals surface area contributed by atoms with Crippen LogP contribution >= 0.6 is 0 Å². The number of likely N-dealkylation sites (N-methyl/N-ethyl adjacent to an activating group) is 1. The lowest BCUT2D eigenvalue weighted by atomic mass is 10.2. The number of fused-ring (bicyclic) bond motifs is 1. The molecule has 166 valence electrons. The van der Waals surface area contributed by atoms with Gasteiger partial charge in [0.2, 0.25) is 0 Å². The minimum absolute atomic E-state index is 0.113. The summed E-state index contributed by atoms with van der Waals surface area (Å²) in [6, 6.07) is 1.43. The molecule has 32 heavy (non-hydrogen) atoms. The summed E-state index contributed by atoms with van der Waals surface area (Å²) < 4.78 is 23.7. The van der Waals surface area contributed by atoms with Crippen molar-refractivity contribution in [3.63, 3.8) is 0 Å². The van der Waals surface area contributed by atoms with Crippen molar-refractivity contribution in [3.8, 4) is 11.4 Å². The summed E-state index contributed by atoms with van der Waals surface area (Å²) >= 11 is 0. The van der Waals surface area contributed by atoms with E-state index in [1.165, 1.54) is 12.3 Å². The Hall–Kier alpha value is -3.24. The van der Waals surface area contributed by atoms with Crippen LogP contribution in [0, 0.1) is 19.7 Å². The molecule has 1 aliphatic rings. The molecule has 1 atom stereocenters. The summed E-state index contributed by atoms with van der Waals surface area (Å²) in [5, 5.41) is 4.53. The second-order valence-electron chi connectivity index (χ2n) is 8.27. The summed E-state index contributed by atoms with van der Waals surface area (Å²) in [6.45, 7) is 7.51. The number of pyridine rings is 1. The molecule has 4 aromatic rings. The first-order valence-electron chi connectivity index (χ1n) is 10.6. The Balaban J connectivity index is 1.50. The maximum atomic E-state index is 13.9. The largest absolute Gasteiger partial charge is 0.374 e. The number of aromatic nitrogens is 7. The van der Waals surface area contributed by atoms with Gasteiger partial charge in [-0.05, 0) is 27.0 Å². The second kappa shape index (κ2) is 8.36. The van der Waals surface area contributed by atoms with Crippen LogP contribution < -0.4 is 0 Å². The Morgan fingerprint density at radius 3 is 2.84 bits per heavy atom. The van der Waals surface area contributed by atoms with Crippen LogP contribution in [0.3, 0.4) is 0 Å². The first-order valence-corrected chi connectivity index (χ1v) is 10.6. The van der Waals surface area contributed by atoms with Gasteiger partial charge in [-0.15, -0.1) is 0 Å². The first-order chi connectivity index (χ1) is 15.5. The summed E-state index contributed by atoms with van der Waals surface area (Å²) in [5.41, 5.74) is 3.77. The summed E-state index contributed by atoms with van der Waals surface area (Å²) in [6.07, 6.45) is 6.75. The van der Waals surface area contributed by atoms with Gasteiger partial charge in [-0.1, -0.05) is 0 Å². The third-order valence-corrected chi connectivity index (χ3v) is 5.60. The van der Waals surface area contributed by atoms with Crippen LogP contribution in [0.4, 0.5) is 4.39 Å². The van der Waals surface area contributed by atoms with Gasteiger partial charge in [-0.2, -0.15) is 5.10 Å². The standard InChI is InChI=1S/C22H25FN8O/c1-14-20-22(27-15(2)26-14)31(21(28-20)17-6-18(23)9-24-8-17)11-16-7-25-30(10-16)13-19-12-29(3)4-5-32-19/h6-10,19H,4-5,11-13H2,1-3H3. The topological polar surface area (TPSA) is 86.8 Å². The van der Waals surface area contributed by atoms with Gasteiger partial charge in [0.05, 0.1) is 43.9 Å². The predicted molar refractivity (Wildman–Crippen MR) is 117 cm³/mol. The molecule has 0 amide bonds. The Morgan fingerprint density at radius 1 is 1.16 bits per heavy atom. The zero-order valence-corrected chi connectivity index (χ0v) is 18.4. The van der Waals surface area contributed by atoms with Crippen molar-refractivity contribution >= 4 is 11.2 Å². The lowest BCUT2D eigenvalue weighted by Gasteiger charge is -2.29. The highest BCUT2D eigenvalue weighted by Crippen LogP contribution is 2.26. The molecule has 4 aromatic heterocycles. The van der Waals surface area contributed by atoms with Crippen LogP contribution in [0.15, 0.2) is 30.9 Å². The number of ether oxygens (including phenoxy) is 1. The zero-order valence-electron chi connectivity index (χ0n) is 18.4. The highest BCUT2D eigenvalue weighted by Gasteiger charge is 2.20. The van der Waals surface area contributed by atoms with Crippen LogP contribution in [-0.2, 0) is 17.8 Å². The molecule has 9 nitrogen and oxygen atoms in total.